The molecule has 1 aromatic rings. The highest BCUT2D eigenvalue weighted by atomic mass is 35.5. The van der Waals surface area contributed by atoms with Crippen LogP contribution in [-0.2, 0) is 7.05 Å². The number of amides is 2. The average Bonchev–Trinajstić information content (AvgIpc) is 2.48. The minimum atomic E-state index is -0.274. The minimum absolute atomic E-state index is 0.274. The summed E-state index contributed by atoms with van der Waals surface area (Å²) in [5.74, 6) is 1.05. The van der Waals surface area contributed by atoms with Crippen molar-refractivity contribution in [3.05, 3.63) is 12.3 Å². The first-order valence-electron chi connectivity index (χ1n) is 3.83. The van der Waals surface area contributed by atoms with Crippen molar-refractivity contribution in [1.29, 1.82) is 0 Å². The number of aryl methyl sites for hydroxylation is 1. The van der Waals surface area contributed by atoms with Crippen molar-refractivity contribution in [2.75, 3.05) is 17.7 Å². The van der Waals surface area contributed by atoms with Gasteiger partial charge in [-0.25, -0.2) is 4.79 Å². The number of rotatable bonds is 3. The van der Waals surface area contributed by atoms with E-state index in [0.29, 0.717) is 18.2 Å². The van der Waals surface area contributed by atoms with Crippen LogP contribution in [0.3, 0.4) is 0 Å². The average molecular weight is 203 g/mol. The highest BCUT2D eigenvalue weighted by molar-refractivity contribution is 6.18. The van der Waals surface area contributed by atoms with Gasteiger partial charge < -0.3 is 5.32 Å². The molecule has 0 aliphatic rings. The van der Waals surface area contributed by atoms with Crippen LogP contribution in [0.5, 0.6) is 0 Å². The maximum atomic E-state index is 11.1. The van der Waals surface area contributed by atoms with Gasteiger partial charge in [-0.3, -0.25) is 10.00 Å². The Bertz CT molecular complexity index is 286. The Labute approximate surface area is 81.1 Å². The van der Waals surface area contributed by atoms with Gasteiger partial charge in [-0.1, -0.05) is 0 Å². The lowest BCUT2D eigenvalue weighted by molar-refractivity contribution is 0.252. The molecular weight excluding hydrogens is 192 g/mol. The lowest BCUT2D eigenvalue weighted by atomic mass is 10.6. The summed E-state index contributed by atoms with van der Waals surface area (Å²) in [6, 6.07) is 1.43. The van der Waals surface area contributed by atoms with Gasteiger partial charge in [0.15, 0.2) is 0 Å². The minimum Gasteiger partial charge on any atom is -0.337 e. The van der Waals surface area contributed by atoms with Crippen LogP contribution in [0.25, 0.3) is 0 Å². The molecule has 0 radical (unpaired) electrons. The van der Waals surface area contributed by atoms with Gasteiger partial charge in [-0.15, -0.1) is 11.6 Å². The fourth-order valence-corrected chi connectivity index (χ4v) is 0.912. The zero-order valence-corrected chi connectivity index (χ0v) is 8.01. The van der Waals surface area contributed by atoms with Gasteiger partial charge >= 0.3 is 6.03 Å². The van der Waals surface area contributed by atoms with E-state index in [0.717, 1.165) is 0 Å². The second kappa shape index (κ2) is 4.71. The molecule has 2 N–H and O–H groups in total. The first-order chi connectivity index (χ1) is 6.24. The number of halogens is 1. The predicted molar refractivity (Wildman–Crippen MR) is 50.9 cm³/mol. The molecule has 0 spiro atoms. The predicted octanol–water partition coefficient (Wildman–Crippen LogP) is 0.780. The summed E-state index contributed by atoms with van der Waals surface area (Å²) in [6.07, 6.45) is 1.61. The fourth-order valence-electron chi connectivity index (χ4n) is 0.818. The maximum absolute atomic E-state index is 11.1. The number of hydrogen-bond donors (Lipinski definition) is 2. The van der Waals surface area contributed by atoms with Crippen LogP contribution in [0.2, 0.25) is 0 Å². The highest BCUT2D eigenvalue weighted by Crippen LogP contribution is 2.01. The number of carbonyl (C=O) groups excluding carboxylic acids is 1. The van der Waals surface area contributed by atoms with Crippen molar-refractivity contribution in [3.63, 3.8) is 0 Å². The van der Waals surface area contributed by atoms with Crippen molar-refractivity contribution in [2.24, 2.45) is 7.05 Å². The molecule has 0 fully saturated rings. The highest BCUT2D eigenvalue weighted by Gasteiger charge is 2.02. The Balaban J connectivity index is 2.41. The van der Waals surface area contributed by atoms with Gasteiger partial charge in [0.25, 0.3) is 0 Å². The van der Waals surface area contributed by atoms with Gasteiger partial charge in [0.05, 0.1) is 6.20 Å². The molecule has 0 aromatic carbocycles. The van der Waals surface area contributed by atoms with Gasteiger partial charge in [0, 0.05) is 25.5 Å². The van der Waals surface area contributed by atoms with E-state index in [4.69, 9.17) is 11.6 Å². The number of anilines is 1. The van der Waals surface area contributed by atoms with Crippen molar-refractivity contribution in [1.82, 2.24) is 15.1 Å². The Morgan fingerprint density at radius 2 is 2.54 bits per heavy atom. The molecule has 0 aliphatic carbocycles. The SMILES string of the molecule is Cn1nccc1NC(=O)NCCCl. The molecule has 1 heterocycles. The molecule has 1 rings (SSSR count). The van der Waals surface area contributed by atoms with E-state index >= 15 is 0 Å². The molecule has 0 unspecified atom stereocenters. The van der Waals surface area contributed by atoms with Gasteiger partial charge in [0.2, 0.25) is 0 Å². The second-order valence-electron chi connectivity index (χ2n) is 2.41. The summed E-state index contributed by atoms with van der Waals surface area (Å²) in [7, 11) is 1.75. The number of nitrogens with zero attached hydrogens (tertiary/aromatic N) is 2. The van der Waals surface area contributed by atoms with E-state index in [9.17, 15) is 4.79 Å². The third-order valence-electron chi connectivity index (χ3n) is 1.44. The lowest BCUT2D eigenvalue weighted by Gasteiger charge is -2.05. The van der Waals surface area contributed by atoms with Crippen LogP contribution in [0.15, 0.2) is 12.3 Å². The first kappa shape index (κ1) is 9.85. The summed E-state index contributed by atoms with van der Waals surface area (Å²) in [6.45, 7) is 0.450. The summed E-state index contributed by atoms with van der Waals surface area (Å²) >= 11 is 5.40. The Morgan fingerprint density at radius 1 is 1.77 bits per heavy atom. The van der Waals surface area contributed by atoms with Gasteiger partial charge in [-0.05, 0) is 0 Å². The van der Waals surface area contributed by atoms with E-state index in [2.05, 4.69) is 15.7 Å². The number of aromatic nitrogens is 2. The van der Waals surface area contributed by atoms with Crippen LogP contribution in [0.1, 0.15) is 0 Å². The molecule has 0 aliphatic heterocycles. The van der Waals surface area contributed by atoms with Gasteiger partial charge in [0.1, 0.15) is 5.82 Å². The van der Waals surface area contributed by atoms with Crippen molar-refractivity contribution < 1.29 is 4.79 Å². The maximum Gasteiger partial charge on any atom is 0.320 e. The number of nitrogens with one attached hydrogen (secondary N) is 2. The molecule has 72 valence electrons. The lowest BCUT2D eigenvalue weighted by Crippen LogP contribution is -2.30. The second-order valence-corrected chi connectivity index (χ2v) is 2.79. The third kappa shape index (κ3) is 2.95. The van der Waals surface area contributed by atoms with Gasteiger partial charge in [-0.2, -0.15) is 5.10 Å². The molecule has 5 nitrogen and oxygen atoms in total. The third-order valence-corrected chi connectivity index (χ3v) is 1.63. The first-order valence-corrected chi connectivity index (χ1v) is 4.36. The van der Waals surface area contributed by atoms with Crippen molar-refractivity contribution in [2.45, 2.75) is 0 Å². The molecule has 1 aromatic heterocycles. The van der Waals surface area contributed by atoms with Crippen LogP contribution < -0.4 is 10.6 Å². The Morgan fingerprint density at radius 3 is 3.08 bits per heavy atom. The number of carbonyl (C=O) groups is 1. The van der Waals surface area contributed by atoms with Crippen LogP contribution in [-0.4, -0.2) is 28.2 Å². The molecule has 13 heavy (non-hydrogen) atoms. The number of alkyl halides is 1. The van der Waals surface area contributed by atoms with Crippen molar-refractivity contribution in [3.8, 4) is 0 Å². The zero-order chi connectivity index (χ0) is 9.68. The van der Waals surface area contributed by atoms with Crippen LogP contribution in [0, 0.1) is 0 Å². The normalized spacial score (nSPS) is 9.69. The van der Waals surface area contributed by atoms with Crippen molar-refractivity contribution >= 4 is 23.4 Å². The summed E-state index contributed by atoms with van der Waals surface area (Å²) < 4.78 is 1.57. The molecule has 2 amide bonds. The molecule has 0 atom stereocenters. The number of urea groups is 1. The zero-order valence-electron chi connectivity index (χ0n) is 7.25. The molecule has 0 saturated heterocycles. The van der Waals surface area contributed by atoms with E-state index < -0.39 is 0 Å². The molecular formula is C7H11ClN4O. The smallest absolute Gasteiger partial charge is 0.320 e. The van der Waals surface area contributed by atoms with E-state index in [-0.39, 0.29) is 6.03 Å². The molecule has 6 heteroatoms. The van der Waals surface area contributed by atoms with Crippen LogP contribution in [0.4, 0.5) is 10.6 Å². The topological polar surface area (TPSA) is 59.0 Å². The Kier molecular flexibility index (Phi) is 3.57. The molecule has 0 bridgehead atoms. The summed E-state index contributed by atoms with van der Waals surface area (Å²) in [5, 5.41) is 9.09. The monoisotopic (exact) mass is 202 g/mol. The van der Waals surface area contributed by atoms with E-state index in [1.54, 1.807) is 24.0 Å². The van der Waals surface area contributed by atoms with E-state index in [1.165, 1.54) is 0 Å². The summed E-state index contributed by atoms with van der Waals surface area (Å²) in [5.41, 5.74) is 0. The Hall–Kier alpha value is -1.23. The fraction of sp³-hybridized carbons (Fsp3) is 0.429. The standard InChI is InChI=1S/C7H11ClN4O/c1-12-6(2-4-10-12)11-7(13)9-5-3-8/h2,4H,3,5H2,1H3,(H2,9,11,13). The summed E-state index contributed by atoms with van der Waals surface area (Å²) in [4.78, 5) is 11.1. The van der Waals surface area contributed by atoms with E-state index in [1.807, 2.05) is 0 Å². The van der Waals surface area contributed by atoms with Crippen LogP contribution >= 0.6 is 11.6 Å². The molecule has 0 saturated carbocycles. The number of hydrogen-bond acceptors (Lipinski definition) is 2. The largest absolute Gasteiger partial charge is 0.337 e. The quantitative estimate of drug-likeness (QED) is 0.712.